The number of carbonyl (C=O) groups excluding carboxylic acids is 2. The van der Waals surface area contributed by atoms with E-state index in [0.29, 0.717) is 53.6 Å². The van der Waals surface area contributed by atoms with E-state index in [4.69, 9.17) is 9.47 Å². The summed E-state index contributed by atoms with van der Waals surface area (Å²) in [5.74, 6) is 0.578. The van der Waals surface area contributed by atoms with Crippen LogP contribution in [0.3, 0.4) is 0 Å². The Hall–Kier alpha value is -5.18. The van der Waals surface area contributed by atoms with Crippen molar-refractivity contribution in [2.75, 3.05) is 23.8 Å². The number of ether oxygens (including phenoxy) is 2. The van der Waals surface area contributed by atoms with E-state index in [1.165, 1.54) is 11.1 Å². The van der Waals surface area contributed by atoms with Crippen molar-refractivity contribution in [2.45, 2.75) is 19.3 Å². The highest BCUT2D eigenvalue weighted by Crippen LogP contribution is 2.27. The van der Waals surface area contributed by atoms with E-state index >= 15 is 0 Å². The fourth-order valence-corrected chi connectivity index (χ4v) is 6.22. The molecule has 51 heavy (non-hydrogen) atoms. The van der Waals surface area contributed by atoms with Crippen LogP contribution in [0.5, 0.6) is 11.5 Å². The first kappa shape index (κ1) is 35.6. The number of halogens is 2. The highest BCUT2D eigenvalue weighted by Gasteiger charge is 2.16. The summed E-state index contributed by atoms with van der Waals surface area (Å²) in [7, 11) is 0. The summed E-state index contributed by atoms with van der Waals surface area (Å²) in [6.07, 6.45) is 2.18. The predicted molar refractivity (Wildman–Crippen MR) is 211 cm³/mol. The Balaban J connectivity index is 1.02. The number of rotatable bonds is 14. The first-order valence-electron chi connectivity index (χ1n) is 16.6. The number of hydrogen-bond acceptors (Lipinski definition) is 4. The quantitative estimate of drug-likeness (QED) is 0.115. The molecule has 6 rings (SSSR count). The monoisotopic (exact) mass is 802 g/mol. The van der Waals surface area contributed by atoms with Crippen LogP contribution in [0.2, 0.25) is 0 Å². The summed E-state index contributed by atoms with van der Waals surface area (Å²) in [6.45, 7) is 0.925. The van der Waals surface area contributed by atoms with Gasteiger partial charge in [-0.15, -0.1) is 0 Å². The van der Waals surface area contributed by atoms with Gasteiger partial charge in [-0.3, -0.25) is 9.59 Å². The fraction of sp³-hybridized carbons (Fsp3) is 0.116. The van der Waals surface area contributed by atoms with Crippen molar-refractivity contribution >= 4 is 55.0 Å². The topological polar surface area (TPSA) is 76.7 Å². The normalized spacial score (nSPS) is 10.7. The van der Waals surface area contributed by atoms with Crippen molar-refractivity contribution in [3.8, 4) is 11.5 Å². The molecule has 0 unspecified atom stereocenters. The number of amides is 2. The minimum Gasteiger partial charge on any atom is -0.492 e. The van der Waals surface area contributed by atoms with Crippen LogP contribution in [0.25, 0.3) is 0 Å². The number of carbonyl (C=O) groups is 2. The Bertz CT molecular complexity index is 1920. The SMILES string of the molecule is O=C(Nc1ccc(Cc2ccc(NC(=O)c3cc(Br)ccc3OCCc3ccccc3)cc2)cc1)c1cc(Br)ccc1OCCc1ccccc1. The van der Waals surface area contributed by atoms with Gasteiger partial charge in [-0.05, 0) is 89.3 Å². The van der Waals surface area contributed by atoms with Crippen molar-refractivity contribution < 1.29 is 19.1 Å². The Morgan fingerprint density at radius 3 is 1.25 bits per heavy atom. The molecule has 0 bridgehead atoms. The van der Waals surface area contributed by atoms with Crippen LogP contribution in [0, 0.1) is 0 Å². The molecule has 0 aromatic heterocycles. The molecule has 0 aliphatic heterocycles. The van der Waals surface area contributed by atoms with E-state index in [-0.39, 0.29) is 11.8 Å². The molecule has 0 heterocycles. The van der Waals surface area contributed by atoms with Crippen LogP contribution in [0.4, 0.5) is 11.4 Å². The van der Waals surface area contributed by atoms with Crippen LogP contribution in [-0.2, 0) is 19.3 Å². The number of nitrogens with one attached hydrogen (secondary N) is 2. The van der Waals surface area contributed by atoms with Crippen molar-refractivity contribution in [1.29, 1.82) is 0 Å². The van der Waals surface area contributed by atoms with Gasteiger partial charge in [-0.2, -0.15) is 0 Å². The molecular formula is C43H36Br2N2O4. The third kappa shape index (κ3) is 10.4. The van der Waals surface area contributed by atoms with Crippen molar-refractivity contribution in [1.82, 2.24) is 0 Å². The third-order valence-electron chi connectivity index (χ3n) is 8.19. The largest absolute Gasteiger partial charge is 0.492 e. The molecule has 256 valence electrons. The molecule has 6 nitrogen and oxygen atoms in total. The number of anilines is 2. The molecule has 0 radical (unpaired) electrons. The van der Waals surface area contributed by atoms with Crippen LogP contribution in [-0.4, -0.2) is 25.0 Å². The molecule has 0 saturated carbocycles. The van der Waals surface area contributed by atoms with E-state index < -0.39 is 0 Å². The average Bonchev–Trinajstić information content (AvgIpc) is 3.15. The Kier molecular flexibility index (Phi) is 12.3. The van der Waals surface area contributed by atoms with Gasteiger partial charge in [0.15, 0.2) is 0 Å². The fourth-order valence-electron chi connectivity index (χ4n) is 5.50. The predicted octanol–water partition coefficient (Wildman–Crippen LogP) is 10.5. The summed E-state index contributed by atoms with van der Waals surface area (Å²) in [6, 6.07) is 46.7. The molecule has 2 N–H and O–H groups in total. The lowest BCUT2D eigenvalue weighted by molar-refractivity contribution is 0.101. The molecule has 2 amide bonds. The lowest BCUT2D eigenvalue weighted by Crippen LogP contribution is -2.14. The second-order valence-corrected chi connectivity index (χ2v) is 13.8. The molecule has 6 aromatic rings. The lowest BCUT2D eigenvalue weighted by Gasteiger charge is -2.13. The van der Waals surface area contributed by atoms with Gasteiger partial charge >= 0.3 is 0 Å². The maximum Gasteiger partial charge on any atom is 0.259 e. The second kappa shape index (κ2) is 17.7. The molecule has 0 aliphatic carbocycles. The molecule has 0 aliphatic rings. The average molecular weight is 805 g/mol. The van der Waals surface area contributed by atoms with Gasteiger partial charge in [0.25, 0.3) is 11.8 Å². The smallest absolute Gasteiger partial charge is 0.259 e. The highest BCUT2D eigenvalue weighted by molar-refractivity contribution is 9.10. The summed E-state index contributed by atoms with van der Waals surface area (Å²) in [5, 5.41) is 6.00. The molecule has 0 saturated heterocycles. The maximum absolute atomic E-state index is 13.3. The van der Waals surface area contributed by atoms with Crippen LogP contribution >= 0.6 is 31.9 Å². The molecular weight excluding hydrogens is 768 g/mol. The van der Waals surface area contributed by atoms with Gasteiger partial charge in [0, 0.05) is 33.2 Å². The van der Waals surface area contributed by atoms with Gasteiger partial charge < -0.3 is 20.1 Å². The Labute approximate surface area is 315 Å². The van der Waals surface area contributed by atoms with Crippen LogP contribution in [0.1, 0.15) is 43.0 Å². The second-order valence-electron chi connectivity index (χ2n) is 11.9. The van der Waals surface area contributed by atoms with Gasteiger partial charge in [0.05, 0.1) is 24.3 Å². The van der Waals surface area contributed by atoms with Crippen molar-refractivity contribution in [2.24, 2.45) is 0 Å². The zero-order chi connectivity index (χ0) is 35.4. The zero-order valence-corrected chi connectivity index (χ0v) is 31.0. The van der Waals surface area contributed by atoms with E-state index in [0.717, 1.165) is 32.9 Å². The minimum atomic E-state index is -0.245. The molecule has 0 atom stereocenters. The van der Waals surface area contributed by atoms with Crippen molar-refractivity contribution in [3.63, 3.8) is 0 Å². The summed E-state index contributed by atoms with van der Waals surface area (Å²) in [4.78, 5) is 26.6. The molecule has 8 heteroatoms. The van der Waals surface area contributed by atoms with Gasteiger partial charge in [-0.25, -0.2) is 0 Å². The van der Waals surface area contributed by atoms with Crippen LogP contribution < -0.4 is 20.1 Å². The first-order chi connectivity index (χ1) is 24.9. The number of hydrogen-bond donors (Lipinski definition) is 2. The van der Waals surface area contributed by atoms with Crippen LogP contribution in [0.15, 0.2) is 155 Å². The zero-order valence-electron chi connectivity index (χ0n) is 27.8. The lowest BCUT2D eigenvalue weighted by atomic mass is 10.0. The minimum absolute atomic E-state index is 0.245. The molecule has 0 fully saturated rings. The van der Waals surface area contributed by atoms with E-state index in [2.05, 4.69) is 66.8 Å². The molecule has 0 spiro atoms. The number of benzene rings is 6. The standard InChI is InChI=1S/C43H36Br2N2O4/c44-34-15-21-40(50-25-23-30-7-3-1-4-8-30)38(28-34)42(48)46-36-17-11-32(12-18-36)27-33-13-19-37(20-14-33)47-43(49)39-29-35(45)16-22-41(39)51-26-24-31-9-5-2-6-10-31/h1-22,28-29H,23-27H2,(H,46,48)(H,47,49). The van der Waals surface area contributed by atoms with Gasteiger partial charge in [0.1, 0.15) is 11.5 Å². The first-order valence-corrected chi connectivity index (χ1v) is 18.2. The Morgan fingerprint density at radius 2 is 0.863 bits per heavy atom. The summed E-state index contributed by atoms with van der Waals surface area (Å²) >= 11 is 6.96. The summed E-state index contributed by atoms with van der Waals surface area (Å²) < 4.78 is 13.6. The highest BCUT2D eigenvalue weighted by atomic mass is 79.9. The van der Waals surface area contributed by atoms with E-state index in [1.807, 2.05) is 109 Å². The van der Waals surface area contributed by atoms with E-state index in [1.54, 1.807) is 12.1 Å². The van der Waals surface area contributed by atoms with Gasteiger partial charge in [0.2, 0.25) is 0 Å². The third-order valence-corrected chi connectivity index (χ3v) is 9.17. The van der Waals surface area contributed by atoms with Gasteiger partial charge in [-0.1, -0.05) is 117 Å². The van der Waals surface area contributed by atoms with Crippen molar-refractivity contribution in [3.05, 3.63) is 188 Å². The Morgan fingerprint density at radius 1 is 0.471 bits per heavy atom. The maximum atomic E-state index is 13.3. The molecule has 6 aromatic carbocycles. The van der Waals surface area contributed by atoms with E-state index in [9.17, 15) is 9.59 Å². The summed E-state index contributed by atoms with van der Waals surface area (Å²) in [5.41, 5.74) is 6.82.